The van der Waals surface area contributed by atoms with E-state index in [1.54, 1.807) is 62.3 Å². The van der Waals surface area contributed by atoms with Crippen LogP contribution in [0.15, 0.2) is 83.1 Å². The molecule has 0 saturated carbocycles. The van der Waals surface area contributed by atoms with Gasteiger partial charge in [0.15, 0.2) is 34.7 Å². The highest BCUT2D eigenvalue weighted by atomic mass is 16.7. The third-order valence-electron chi connectivity index (χ3n) is 9.40. The zero-order chi connectivity index (χ0) is 66.7. The maximum absolute atomic E-state index is 10.8. The Bertz CT molecular complexity index is 2140. The van der Waals surface area contributed by atoms with Gasteiger partial charge in [-0.3, -0.25) is 47.9 Å². The van der Waals surface area contributed by atoms with Crippen molar-refractivity contribution in [2.45, 2.75) is 214 Å². The largest absolute Gasteiger partial charge is 0.463 e. The molecule has 18 heteroatoms. The van der Waals surface area contributed by atoms with Crippen LogP contribution in [0.5, 0.6) is 0 Å². The van der Waals surface area contributed by atoms with Crippen molar-refractivity contribution in [1.82, 2.24) is 0 Å². The summed E-state index contributed by atoms with van der Waals surface area (Å²) in [6.45, 7) is 32.1. The summed E-state index contributed by atoms with van der Waals surface area (Å²) < 4.78 is 18.9. The highest BCUT2D eigenvalue weighted by molar-refractivity contribution is 6.33. The number of carbonyl (C=O) groups is 13. The van der Waals surface area contributed by atoms with Crippen molar-refractivity contribution in [2.75, 3.05) is 33.5 Å². The van der Waals surface area contributed by atoms with Gasteiger partial charge < -0.3 is 28.8 Å². The average molecular weight is 1190 g/mol. The quantitative estimate of drug-likeness (QED) is 0.00957. The molecule has 0 atom stereocenters. The molecule has 0 aromatic carbocycles. The van der Waals surface area contributed by atoms with E-state index in [0.717, 1.165) is 44.6 Å². The first-order valence-corrected chi connectivity index (χ1v) is 28.5. The minimum absolute atomic E-state index is 0.00167. The first-order chi connectivity index (χ1) is 39.6. The predicted octanol–water partition coefficient (Wildman–Crippen LogP) is 11.7. The summed E-state index contributed by atoms with van der Waals surface area (Å²) in [4.78, 5) is 136. The predicted molar refractivity (Wildman–Crippen MR) is 332 cm³/mol. The van der Waals surface area contributed by atoms with E-state index in [0.29, 0.717) is 88.5 Å². The molecule has 0 saturated heterocycles. The van der Waals surface area contributed by atoms with Crippen molar-refractivity contribution in [3.8, 4) is 11.8 Å². The van der Waals surface area contributed by atoms with E-state index < -0.39 is 24.0 Å². The lowest BCUT2D eigenvalue weighted by Gasteiger charge is -2.09. The van der Waals surface area contributed by atoms with Gasteiger partial charge >= 0.3 is 11.9 Å². The normalized spacial score (nSPS) is 10.3. The van der Waals surface area contributed by atoms with Crippen LogP contribution in [0.1, 0.15) is 208 Å². The van der Waals surface area contributed by atoms with E-state index in [1.807, 2.05) is 27.7 Å². The number of hydrogen-bond acceptors (Lipinski definition) is 18. The van der Waals surface area contributed by atoms with Gasteiger partial charge in [-0.2, -0.15) is 0 Å². The number of rotatable bonds is 32. The van der Waals surface area contributed by atoms with Crippen molar-refractivity contribution in [2.24, 2.45) is 0 Å². The van der Waals surface area contributed by atoms with E-state index >= 15 is 0 Å². The number of allylic oxidation sites excluding steroid dienone is 12. The number of esters is 2. The Morgan fingerprint density at radius 2 is 1.07 bits per heavy atom. The molecule has 0 heterocycles. The monoisotopic (exact) mass is 1180 g/mol. The lowest BCUT2D eigenvalue weighted by Crippen LogP contribution is -2.15. The zero-order valence-corrected chi connectivity index (χ0v) is 54.1. The fraction of sp³-hybridized carbons (Fsp3) is 0.561. The molecule has 0 spiro atoms. The molecule has 0 fully saturated rings. The molecule has 0 aliphatic rings. The minimum atomic E-state index is -0.757. The highest BCUT2D eigenvalue weighted by Gasteiger charge is 2.09. The van der Waals surface area contributed by atoms with Crippen LogP contribution < -0.4 is 0 Å². The standard InChI is InChI=1S/C13H22O.C10H16O3.2C8H12O2.C8H14O2.C7H10O3.C7H10O2.C5H8O3/c1-11(2)7-5-8-12(3)9-6-10-13(4)14;1-4-9(11)7-8-10(12-5-2)13-6-3;1-4-8(10)5-6(2)7(3)9;1-3-7(9)5-6-8(10)4-2;1-2-3-5-8(10)6-4-7-9;1-3-10-7(9)4-6(2)5-8;1-2-4-7(9)5-3-6-8;1-3-4(6)5(7)8-2/h7,9H,5-6,8,10H2,1-4H3;10H,4-6H2,1-3H3;5H,4H2,1-3H3;5-6H,3-4H2,1-2H3;4,6,9H,2-3,5,7H2,1H3;4-5H,3H2,1-2H3;3,5-6H,2,4H2,1H3;3H2,1-2H3/b12-9+;;2*6-5+;2*6-4+;5-3+;. The van der Waals surface area contributed by atoms with Gasteiger partial charge in [-0.05, 0) is 161 Å². The topological polar surface area (TPSA) is 279 Å². The minimum Gasteiger partial charge on any atom is -0.463 e. The average Bonchev–Trinajstić information content (AvgIpc) is 3.46. The van der Waals surface area contributed by atoms with Gasteiger partial charge in [0, 0.05) is 70.7 Å². The van der Waals surface area contributed by atoms with Crippen LogP contribution >= 0.6 is 0 Å². The first kappa shape index (κ1) is 93.3. The van der Waals surface area contributed by atoms with Crippen LogP contribution in [0.4, 0.5) is 0 Å². The Morgan fingerprint density at radius 1 is 0.548 bits per heavy atom. The smallest absolute Gasteiger partial charge is 0.374 e. The van der Waals surface area contributed by atoms with E-state index in [-0.39, 0.29) is 59.3 Å². The molecular formula is C66H104O18. The summed E-state index contributed by atoms with van der Waals surface area (Å²) in [6, 6.07) is 0. The molecule has 0 amide bonds. The van der Waals surface area contributed by atoms with Crippen molar-refractivity contribution in [3.05, 3.63) is 83.1 Å². The number of aliphatic hydroxyl groups is 1. The van der Waals surface area contributed by atoms with E-state index in [1.165, 1.54) is 67.7 Å². The fourth-order valence-electron chi connectivity index (χ4n) is 4.50. The number of aldehydes is 2. The molecule has 84 heavy (non-hydrogen) atoms. The van der Waals surface area contributed by atoms with Crippen molar-refractivity contribution >= 4 is 76.6 Å². The second kappa shape index (κ2) is 72.0. The molecule has 0 radical (unpaired) electrons. The fourth-order valence-corrected chi connectivity index (χ4v) is 4.50. The lowest BCUT2D eigenvalue weighted by molar-refractivity contribution is -0.151. The van der Waals surface area contributed by atoms with Crippen LogP contribution in [0.25, 0.3) is 0 Å². The Balaban J connectivity index is -0.000000132. The lowest BCUT2D eigenvalue weighted by atomic mass is 10.1. The molecule has 0 unspecified atom stereocenters. The van der Waals surface area contributed by atoms with E-state index in [4.69, 9.17) is 14.6 Å². The van der Waals surface area contributed by atoms with Gasteiger partial charge in [0.05, 0.1) is 20.3 Å². The van der Waals surface area contributed by atoms with Crippen molar-refractivity contribution in [1.29, 1.82) is 0 Å². The summed E-state index contributed by atoms with van der Waals surface area (Å²) in [5.41, 5.74) is 3.68. The van der Waals surface area contributed by atoms with Crippen LogP contribution in [0.3, 0.4) is 0 Å². The van der Waals surface area contributed by atoms with E-state index in [9.17, 15) is 62.3 Å². The Kier molecular flexibility index (Phi) is 80.0. The molecule has 0 aliphatic carbocycles. The zero-order valence-electron chi connectivity index (χ0n) is 54.1. The second-order valence-corrected chi connectivity index (χ2v) is 17.5. The number of ether oxygens (including phenoxy) is 4. The number of unbranched alkanes of at least 4 members (excludes halogenated alkanes) is 1. The van der Waals surface area contributed by atoms with Crippen LogP contribution in [0.2, 0.25) is 0 Å². The Hall–Kier alpha value is -7.07. The first-order valence-electron chi connectivity index (χ1n) is 28.5. The maximum atomic E-state index is 10.8. The number of ketones is 9. The molecule has 476 valence electrons. The second-order valence-electron chi connectivity index (χ2n) is 17.5. The van der Waals surface area contributed by atoms with Gasteiger partial charge in [-0.1, -0.05) is 84.3 Å². The van der Waals surface area contributed by atoms with E-state index in [2.05, 4.69) is 54.2 Å². The number of methoxy groups -OCH3 is 1. The molecule has 0 aromatic heterocycles. The summed E-state index contributed by atoms with van der Waals surface area (Å²) in [5.74, 6) is 3.67. The van der Waals surface area contributed by atoms with Gasteiger partial charge in [-0.25, -0.2) is 9.59 Å². The number of aliphatic hydroxyl groups excluding tert-OH is 1. The molecule has 0 rings (SSSR count). The molecule has 18 nitrogen and oxygen atoms in total. The SMILES string of the molecule is CC(=O)CC/C=C(\C)CCC=C(C)C.CCC(=O)/C=C(\C)C(C)=O.CCC(=O)/C=C/C(=O)CC.CCC(=O)C(=O)OC.CCCC(=O)/C=C/C=O.CCCCC(=O)/C=C/CO.CCOC(=O)/C=C(\C)C=O.CCOC(C#CC(=O)CC)OCC. The number of carbonyl (C=O) groups excluding carboxylic acids is 13. The maximum Gasteiger partial charge on any atom is 0.374 e. The van der Waals surface area contributed by atoms with Gasteiger partial charge in [-0.15, -0.1) is 0 Å². The Labute approximate surface area is 503 Å². The van der Waals surface area contributed by atoms with Crippen molar-refractivity contribution in [3.63, 3.8) is 0 Å². The van der Waals surface area contributed by atoms with Crippen LogP contribution in [-0.4, -0.2) is 121 Å². The number of hydrogen-bond donors (Lipinski definition) is 1. The third-order valence-corrected chi connectivity index (χ3v) is 9.40. The molecule has 0 bridgehead atoms. The summed E-state index contributed by atoms with van der Waals surface area (Å²) >= 11 is 0. The Morgan fingerprint density at radius 3 is 1.44 bits per heavy atom. The molecule has 1 N–H and O–H groups in total. The van der Waals surface area contributed by atoms with Gasteiger partial charge in [0.1, 0.15) is 18.4 Å². The summed E-state index contributed by atoms with van der Waals surface area (Å²) in [7, 11) is 1.19. The molecule has 0 aromatic rings. The number of Topliss-reactive ketones (excluding diaryl/α,β-unsaturated/α-hetero) is 4. The van der Waals surface area contributed by atoms with Crippen molar-refractivity contribution < 1.29 is 86.4 Å². The molecule has 0 aliphatic heterocycles. The summed E-state index contributed by atoms with van der Waals surface area (Å²) in [6.07, 6.45) is 25.5. The highest BCUT2D eigenvalue weighted by Crippen LogP contribution is 2.08. The van der Waals surface area contributed by atoms with Crippen LogP contribution in [-0.2, 0) is 81.3 Å². The third kappa shape index (κ3) is 86.2. The van der Waals surface area contributed by atoms with Gasteiger partial charge in [0.2, 0.25) is 17.9 Å². The molecular weight excluding hydrogens is 1080 g/mol. The van der Waals surface area contributed by atoms with Gasteiger partial charge in [0.25, 0.3) is 0 Å². The van der Waals surface area contributed by atoms with Crippen LogP contribution in [0, 0.1) is 11.8 Å². The summed E-state index contributed by atoms with van der Waals surface area (Å²) in [5, 5.41) is 8.30.